The van der Waals surface area contributed by atoms with Crippen molar-refractivity contribution in [2.75, 3.05) is 12.9 Å². The molecule has 0 radical (unpaired) electrons. The van der Waals surface area contributed by atoms with E-state index in [2.05, 4.69) is 5.32 Å². The van der Waals surface area contributed by atoms with E-state index in [9.17, 15) is 13.2 Å². The molecule has 5 nitrogen and oxygen atoms in total. The van der Waals surface area contributed by atoms with Crippen molar-refractivity contribution >= 4 is 27.3 Å². The highest BCUT2D eigenvalue weighted by atomic mass is 35.5. The SMILES string of the molecule is CC[C@H](NC(=O)COc1cccc(Cl)c1)c1ccc(S(C)(=O)=O)cc1. The van der Waals surface area contributed by atoms with E-state index in [0.29, 0.717) is 17.2 Å². The van der Waals surface area contributed by atoms with Crippen molar-refractivity contribution in [3.05, 3.63) is 59.1 Å². The monoisotopic (exact) mass is 381 g/mol. The largest absolute Gasteiger partial charge is 0.484 e. The van der Waals surface area contributed by atoms with Crippen LogP contribution in [0.5, 0.6) is 5.75 Å². The Hall–Kier alpha value is -2.05. The molecule has 0 aliphatic heterocycles. The molecule has 2 aromatic carbocycles. The van der Waals surface area contributed by atoms with Crippen LogP contribution >= 0.6 is 11.6 Å². The second kappa shape index (κ2) is 8.36. The maximum Gasteiger partial charge on any atom is 0.258 e. The van der Waals surface area contributed by atoms with E-state index in [1.54, 1.807) is 48.5 Å². The molecule has 0 saturated heterocycles. The van der Waals surface area contributed by atoms with Crippen molar-refractivity contribution in [2.24, 2.45) is 0 Å². The fraction of sp³-hybridized carbons (Fsp3) is 0.278. The van der Waals surface area contributed by atoms with Crippen LogP contribution < -0.4 is 10.1 Å². The standard InChI is InChI=1S/C18H20ClNO4S/c1-3-17(13-7-9-16(10-8-13)25(2,22)23)20-18(21)12-24-15-6-4-5-14(19)11-15/h4-11,17H,3,12H2,1-2H3,(H,20,21)/t17-/m0/s1. The van der Waals surface area contributed by atoms with Gasteiger partial charge in [-0.15, -0.1) is 0 Å². The summed E-state index contributed by atoms with van der Waals surface area (Å²) in [4.78, 5) is 12.4. The lowest BCUT2D eigenvalue weighted by Gasteiger charge is -2.18. The molecule has 2 rings (SSSR count). The van der Waals surface area contributed by atoms with E-state index >= 15 is 0 Å². The van der Waals surface area contributed by atoms with Crippen molar-refractivity contribution in [3.8, 4) is 5.75 Å². The number of nitrogens with one attached hydrogen (secondary N) is 1. The Morgan fingerprint density at radius 3 is 2.44 bits per heavy atom. The highest BCUT2D eigenvalue weighted by Crippen LogP contribution is 2.20. The van der Waals surface area contributed by atoms with Crippen molar-refractivity contribution in [3.63, 3.8) is 0 Å². The van der Waals surface area contributed by atoms with Gasteiger partial charge in [-0.25, -0.2) is 8.42 Å². The van der Waals surface area contributed by atoms with Gasteiger partial charge in [-0.3, -0.25) is 4.79 Å². The molecule has 0 unspecified atom stereocenters. The first-order valence-corrected chi connectivity index (χ1v) is 10.0. The maximum atomic E-state index is 12.1. The maximum absolute atomic E-state index is 12.1. The van der Waals surface area contributed by atoms with E-state index in [1.165, 1.54) is 0 Å². The number of hydrogen-bond donors (Lipinski definition) is 1. The second-order valence-electron chi connectivity index (χ2n) is 5.62. The Morgan fingerprint density at radius 2 is 1.88 bits per heavy atom. The van der Waals surface area contributed by atoms with Crippen LogP contribution in [0.25, 0.3) is 0 Å². The first-order chi connectivity index (χ1) is 11.8. The summed E-state index contributed by atoms with van der Waals surface area (Å²) in [6.45, 7) is 1.81. The van der Waals surface area contributed by atoms with Gasteiger partial charge in [0.05, 0.1) is 10.9 Å². The van der Waals surface area contributed by atoms with Crippen LogP contribution in [-0.4, -0.2) is 27.2 Å². The molecule has 0 aromatic heterocycles. The molecule has 0 saturated carbocycles. The lowest BCUT2D eigenvalue weighted by Crippen LogP contribution is -2.32. The molecule has 2 aromatic rings. The Kier molecular flexibility index (Phi) is 6.45. The van der Waals surface area contributed by atoms with Crippen molar-refractivity contribution in [1.29, 1.82) is 0 Å². The van der Waals surface area contributed by atoms with Gasteiger partial charge in [-0.2, -0.15) is 0 Å². The van der Waals surface area contributed by atoms with Crippen LogP contribution in [0.15, 0.2) is 53.4 Å². The van der Waals surface area contributed by atoms with E-state index in [0.717, 1.165) is 11.8 Å². The fourth-order valence-electron chi connectivity index (χ4n) is 2.31. The number of amides is 1. The van der Waals surface area contributed by atoms with Gasteiger partial charge >= 0.3 is 0 Å². The van der Waals surface area contributed by atoms with E-state index in [-0.39, 0.29) is 23.5 Å². The summed E-state index contributed by atoms with van der Waals surface area (Å²) < 4.78 is 28.4. The summed E-state index contributed by atoms with van der Waals surface area (Å²) in [7, 11) is -3.24. The third-order valence-corrected chi connectivity index (χ3v) is 4.98. The second-order valence-corrected chi connectivity index (χ2v) is 8.07. The normalized spacial score (nSPS) is 12.4. The minimum Gasteiger partial charge on any atom is -0.484 e. The molecular formula is C18H20ClNO4S. The number of ether oxygens (including phenoxy) is 1. The average Bonchev–Trinajstić information content (AvgIpc) is 2.57. The third-order valence-electron chi connectivity index (χ3n) is 3.62. The summed E-state index contributed by atoms with van der Waals surface area (Å²) in [5.41, 5.74) is 0.839. The number of benzene rings is 2. The number of hydrogen-bond acceptors (Lipinski definition) is 4. The zero-order chi connectivity index (χ0) is 18.4. The molecule has 7 heteroatoms. The molecule has 0 heterocycles. The lowest BCUT2D eigenvalue weighted by atomic mass is 10.0. The van der Waals surface area contributed by atoms with Crippen molar-refractivity contribution in [2.45, 2.75) is 24.3 Å². The molecule has 1 atom stereocenters. The number of sulfone groups is 1. The van der Waals surface area contributed by atoms with Crippen LogP contribution in [0.4, 0.5) is 0 Å². The smallest absolute Gasteiger partial charge is 0.258 e. The summed E-state index contributed by atoms with van der Waals surface area (Å²) in [5, 5.41) is 3.42. The Labute approximate surface area is 152 Å². The Bertz CT molecular complexity index is 834. The van der Waals surface area contributed by atoms with E-state index < -0.39 is 9.84 Å². The van der Waals surface area contributed by atoms with Gasteiger partial charge in [0.15, 0.2) is 16.4 Å². The minimum absolute atomic E-state index is 0.127. The molecule has 1 N–H and O–H groups in total. The number of halogens is 1. The summed E-state index contributed by atoms with van der Waals surface area (Å²) in [6, 6.07) is 13.1. The third kappa shape index (κ3) is 5.76. The van der Waals surface area contributed by atoms with Gasteiger partial charge in [0.25, 0.3) is 5.91 Å². The van der Waals surface area contributed by atoms with Crippen molar-refractivity contribution < 1.29 is 17.9 Å². The summed E-state index contributed by atoms with van der Waals surface area (Å²) >= 11 is 5.87. The van der Waals surface area contributed by atoms with Crippen LogP contribution in [0.1, 0.15) is 24.9 Å². The topological polar surface area (TPSA) is 72.5 Å². The number of carbonyl (C=O) groups is 1. The first-order valence-electron chi connectivity index (χ1n) is 7.77. The lowest BCUT2D eigenvalue weighted by molar-refractivity contribution is -0.123. The van der Waals surface area contributed by atoms with E-state index in [1.807, 2.05) is 6.92 Å². The molecule has 0 bridgehead atoms. The minimum atomic E-state index is -3.24. The fourth-order valence-corrected chi connectivity index (χ4v) is 3.12. The molecule has 134 valence electrons. The Balaban J connectivity index is 1.97. The highest BCUT2D eigenvalue weighted by Gasteiger charge is 2.14. The highest BCUT2D eigenvalue weighted by molar-refractivity contribution is 7.90. The Morgan fingerprint density at radius 1 is 1.20 bits per heavy atom. The van der Waals surface area contributed by atoms with Crippen molar-refractivity contribution in [1.82, 2.24) is 5.32 Å². The zero-order valence-corrected chi connectivity index (χ0v) is 15.6. The molecule has 1 amide bonds. The molecular weight excluding hydrogens is 362 g/mol. The molecule has 0 aliphatic rings. The predicted octanol–water partition coefficient (Wildman–Crippen LogP) is 3.39. The zero-order valence-electron chi connectivity index (χ0n) is 14.0. The average molecular weight is 382 g/mol. The molecule has 0 aliphatic carbocycles. The summed E-state index contributed by atoms with van der Waals surface area (Å²) in [6.07, 6.45) is 1.83. The van der Waals surface area contributed by atoms with Gasteiger partial charge in [0.1, 0.15) is 5.75 Å². The van der Waals surface area contributed by atoms with Gasteiger partial charge < -0.3 is 10.1 Å². The predicted molar refractivity (Wildman–Crippen MR) is 97.7 cm³/mol. The number of carbonyl (C=O) groups excluding carboxylic acids is 1. The number of rotatable bonds is 7. The van der Waals surface area contributed by atoms with Crippen LogP contribution in [-0.2, 0) is 14.6 Å². The summed E-state index contributed by atoms with van der Waals surface area (Å²) in [5.74, 6) is 0.257. The van der Waals surface area contributed by atoms with Crippen LogP contribution in [0.2, 0.25) is 5.02 Å². The van der Waals surface area contributed by atoms with Gasteiger partial charge in [0.2, 0.25) is 0 Å². The first kappa shape index (κ1) is 19.3. The van der Waals surface area contributed by atoms with Crippen LogP contribution in [0, 0.1) is 0 Å². The molecule has 0 spiro atoms. The van der Waals surface area contributed by atoms with E-state index in [4.69, 9.17) is 16.3 Å². The van der Waals surface area contributed by atoms with Gasteiger partial charge in [-0.1, -0.05) is 36.7 Å². The molecule has 0 fully saturated rings. The molecule has 25 heavy (non-hydrogen) atoms. The van der Waals surface area contributed by atoms with Gasteiger partial charge in [-0.05, 0) is 42.3 Å². The van der Waals surface area contributed by atoms with Gasteiger partial charge in [0, 0.05) is 11.3 Å². The van der Waals surface area contributed by atoms with Crippen LogP contribution in [0.3, 0.4) is 0 Å². The quantitative estimate of drug-likeness (QED) is 0.797.